The van der Waals surface area contributed by atoms with Gasteiger partial charge in [-0.1, -0.05) is 6.58 Å². The van der Waals surface area contributed by atoms with Crippen molar-refractivity contribution < 1.29 is 0 Å². The summed E-state index contributed by atoms with van der Waals surface area (Å²) in [5.74, 6) is 0. The summed E-state index contributed by atoms with van der Waals surface area (Å²) in [6.45, 7) is 5.68. The molecule has 0 aliphatic rings. The molecule has 1 aromatic heterocycles. The first-order valence-corrected chi connectivity index (χ1v) is 3.53. The molecule has 0 spiro atoms. The van der Waals surface area contributed by atoms with E-state index in [0.717, 1.165) is 17.0 Å². The van der Waals surface area contributed by atoms with Gasteiger partial charge in [-0.3, -0.25) is 4.99 Å². The highest BCUT2D eigenvalue weighted by Crippen LogP contribution is 2.08. The first-order valence-electron chi connectivity index (χ1n) is 3.53. The second-order valence-electron chi connectivity index (χ2n) is 2.32. The lowest BCUT2D eigenvalue weighted by Gasteiger charge is -1.96. The molecule has 2 nitrogen and oxygen atoms in total. The van der Waals surface area contributed by atoms with Crippen molar-refractivity contribution in [3.63, 3.8) is 0 Å². The molecule has 0 fully saturated rings. The van der Waals surface area contributed by atoms with Crippen LogP contribution in [0.25, 0.3) is 6.08 Å². The highest BCUT2D eigenvalue weighted by molar-refractivity contribution is 6.01. The van der Waals surface area contributed by atoms with Crippen LogP contribution >= 0.6 is 0 Å². The minimum atomic E-state index is 1.03. The van der Waals surface area contributed by atoms with Gasteiger partial charge in [-0.25, -0.2) is 0 Å². The summed E-state index contributed by atoms with van der Waals surface area (Å²) < 4.78 is 0. The molecule has 0 aliphatic carbocycles. The van der Waals surface area contributed by atoms with Crippen molar-refractivity contribution in [2.45, 2.75) is 6.92 Å². The number of nitrogens with one attached hydrogen (secondary N) is 1. The van der Waals surface area contributed by atoms with E-state index in [1.807, 2.05) is 19.2 Å². The van der Waals surface area contributed by atoms with Crippen LogP contribution in [0.1, 0.15) is 18.2 Å². The van der Waals surface area contributed by atoms with Gasteiger partial charge in [-0.2, -0.15) is 0 Å². The molecule has 0 saturated heterocycles. The maximum atomic E-state index is 4.09. The Morgan fingerprint density at radius 2 is 2.45 bits per heavy atom. The van der Waals surface area contributed by atoms with Gasteiger partial charge in [0.05, 0.1) is 0 Å². The molecular weight excluding hydrogens is 136 g/mol. The number of nitrogens with zero attached hydrogens (tertiary/aromatic N) is 1. The van der Waals surface area contributed by atoms with E-state index < -0.39 is 0 Å². The van der Waals surface area contributed by atoms with E-state index in [9.17, 15) is 0 Å². The normalized spacial score (nSPS) is 11.6. The van der Waals surface area contributed by atoms with Crippen molar-refractivity contribution in [1.82, 2.24) is 4.98 Å². The van der Waals surface area contributed by atoms with Crippen LogP contribution in [0.3, 0.4) is 0 Å². The van der Waals surface area contributed by atoms with Crippen LogP contribution in [-0.2, 0) is 0 Å². The van der Waals surface area contributed by atoms with Gasteiger partial charge in [0.2, 0.25) is 0 Å². The SMILES string of the molecule is C=Cc1[nH]ccc1C(C)=NC. The minimum absolute atomic E-state index is 1.03. The monoisotopic (exact) mass is 148 g/mol. The molecule has 0 aliphatic heterocycles. The smallest absolute Gasteiger partial charge is 0.0466 e. The molecule has 58 valence electrons. The molecule has 0 radical (unpaired) electrons. The van der Waals surface area contributed by atoms with Gasteiger partial charge in [0, 0.05) is 30.2 Å². The summed E-state index contributed by atoms with van der Waals surface area (Å²) in [5, 5.41) is 0. The van der Waals surface area contributed by atoms with Crippen LogP contribution in [-0.4, -0.2) is 17.7 Å². The quantitative estimate of drug-likeness (QED) is 0.622. The molecule has 0 bridgehead atoms. The van der Waals surface area contributed by atoms with E-state index in [1.165, 1.54) is 0 Å². The summed E-state index contributed by atoms with van der Waals surface area (Å²) in [5.41, 5.74) is 3.19. The van der Waals surface area contributed by atoms with Crippen molar-refractivity contribution >= 4 is 11.8 Å². The van der Waals surface area contributed by atoms with Gasteiger partial charge in [0.1, 0.15) is 0 Å². The maximum Gasteiger partial charge on any atom is 0.0466 e. The van der Waals surface area contributed by atoms with Gasteiger partial charge in [-0.05, 0) is 19.1 Å². The first-order chi connectivity index (χ1) is 5.29. The zero-order valence-electron chi connectivity index (χ0n) is 6.89. The molecule has 0 atom stereocenters. The summed E-state index contributed by atoms with van der Waals surface area (Å²) in [6, 6.07) is 2.00. The molecule has 1 rings (SSSR count). The van der Waals surface area contributed by atoms with E-state index in [4.69, 9.17) is 0 Å². The lowest BCUT2D eigenvalue weighted by atomic mass is 10.1. The van der Waals surface area contributed by atoms with Gasteiger partial charge in [0.25, 0.3) is 0 Å². The Kier molecular flexibility index (Phi) is 2.26. The van der Waals surface area contributed by atoms with E-state index in [1.54, 1.807) is 13.1 Å². The Morgan fingerprint density at radius 1 is 1.73 bits per heavy atom. The van der Waals surface area contributed by atoms with Crippen molar-refractivity contribution in [1.29, 1.82) is 0 Å². The summed E-state index contributed by atoms with van der Waals surface area (Å²) in [7, 11) is 1.79. The summed E-state index contributed by atoms with van der Waals surface area (Å²) in [4.78, 5) is 7.16. The van der Waals surface area contributed by atoms with Gasteiger partial charge in [-0.15, -0.1) is 0 Å². The predicted octanol–water partition coefficient (Wildman–Crippen LogP) is 2.10. The van der Waals surface area contributed by atoms with Crippen LogP contribution in [0.2, 0.25) is 0 Å². The van der Waals surface area contributed by atoms with Crippen molar-refractivity contribution in [3.8, 4) is 0 Å². The highest BCUT2D eigenvalue weighted by Gasteiger charge is 2.01. The maximum absolute atomic E-state index is 4.09. The zero-order chi connectivity index (χ0) is 8.27. The number of aliphatic imine (C=N–C) groups is 1. The standard InChI is InChI=1S/C9H12N2/c1-4-9-8(5-6-11-9)7(2)10-3/h4-6,11H,1H2,2-3H3. The Morgan fingerprint density at radius 3 is 3.00 bits per heavy atom. The van der Waals surface area contributed by atoms with Crippen LogP contribution < -0.4 is 0 Å². The molecule has 11 heavy (non-hydrogen) atoms. The topological polar surface area (TPSA) is 28.1 Å². The van der Waals surface area contributed by atoms with Gasteiger partial charge < -0.3 is 4.98 Å². The number of hydrogen-bond donors (Lipinski definition) is 1. The number of aromatic amines is 1. The van der Waals surface area contributed by atoms with Crippen LogP contribution in [0.5, 0.6) is 0 Å². The van der Waals surface area contributed by atoms with Gasteiger partial charge in [0.15, 0.2) is 0 Å². The minimum Gasteiger partial charge on any atom is -0.361 e. The van der Waals surface area contributed by atoms with E-state index in [0.29, 0.717) is 0 Å². The fourth-order valence-corrected chi connectivity index (χ4v) is 0.987. The predicted molar refractivity (Wildman–Crippen MR) is 49.0 cm³/mol. The molecule has 0 aromatic carbocycles. The first kappa shape index (κ1) is 7.79. The van der Waals surface area contributed by atoms with Gasteiger partial charge >= 0.3 is 0 Å². The Hall–Kier alpha value is -1.31. The molecule has 1 heterocycles. The lowest BCUT2D eigenvalue weighted by molar-refractivity contribution is 1.36. The Labute approximate surface area is 66.7 Å². The number of aromatic nitrogens is 1. The number of H-pyrrole nitrogens is 1. The van der Waals surface area contributed by atoms with Crippen LogP contribution in [0.15, 0.2) is 23.8 Å². The molecule has 2 heteroatoms. The fraction of sp³-hybridized carbons (Fsp3) is 0.222. The average molecular weight is 148 g/mol. The van der Waals surface area contributed by atoms with Crippen molar-refractivity contribution in [2.75, 3.05) is 7.05 Å². The van der Waals surface area contributed by atoms with Crippen molar-refractivity contribution in [2.24, 2.45) is 4.99 Å². The molecule has 0 saturated carbocycles. The molecule has 0 unspecified atom stereocenters. The molecule has 0 amide bonds. The second kappa shape index (κ2) is 3.19. The van der Waals surface area contributed by atoms with Crippen LogP contribution in [0.4, 0.5) is 0 Å². The zero-order valence-corrected chi connectivity index (χ0v) is 6.89. The number of hydrogen-bond acceptors (Lipinski definition) is 1. The third-order valence-electron chi connectivity index (χ3n) is 1.71. The van der Waals surface area contributed by atoms with Crippen molar-refractivity contribution in [3.05, 3.63) is 30.1 Å². The molecule has 1 N–H and O–H groups in total. The molecular formula is C9H12N2. The fourth-order valence-electron chi connectivity index (χ4n) is 0.987. The average Bonchev–Trinajstić information content (AvgIpc) is 2.50. The third-order valence-corrected chi connectivity index (χ3v) is 1.71. The molecule has 1 aromatic rings. The third kappa shape index (κ3) is 1.40. The lowest BCUT2D eigenvalue weighted by Crippen LogP contribution is -1.93. The van der Waals surface area contributed by atoms with E-state index >= 15 is 0 Å². The van der Waals surface area contributed by atoms with E-state index in [-0.39, 0.29) is 0 Å². The Bertz CT molecular complexity index is 282. The number of rotatable bonds is 2. The highest BCUT2D eigenvalue weighted by atomic mass is 14.7. The van der Waals surface area contributed by atoms with Crippen LogP contribution in [0, 0.1) is 0 Å². The summed E-state index contributed by atoms with van der Waals surface area (Å²) in [6.07, 6.45) is 3.69. The van der Waals surface area contributed by atoms with E-state index in [2.05, 4.69) is 16.6 Å². The Balaban J connectivity index is 3.12. The second-order valence-corrected chi connectivity index (χ2v) is 2.32. The largest absolute Gasteiger partial charge is 0.361 e. The summed E-state index contributed by atoms with van der Waals surface area (Å²) >= 11 is 0.